The molecule has 2 rings (SSSR count). The van der Waals surface area contributed by atoms with Gasteiger partial charge in [-0.15, -0.1) is 0 Å². The number of amides is 2. The Hall–Kier alpha value is -1.98. The minimum Gasteiger partial charge on any atom is -0.478 e. The average Bonchev–Trinajstić information content (AvgIpc) is 3.02. The maximum absolute atomic E-state index is 12.0. The van der Waals surface area contributed by atoms with Crippen LogP contribution in [0.5, 0.6) is 0 Å². The predicted octanol–water partition coefficient (Wildman–Crippen LogP) is 2.23. The van der Waals surface area contributed by atoms with Gasteiger partial charge in [0.05, 0.1) is 6.54 Å². The highest BCUT2D eigenvalue weighted by Crippen LogP contribution is 2.19. The maximum atomic E-state index is 12.0. The molecule has 0 aromatic carbocycles. The molecular formula is C14H20N2O4. The van der Waals surface area contributed by atoms with E-state index in [2.05, 4.69) is 12.2 Å². The molecule has 0 radical (unpaired) electrons. The minimum absolute atomic E-state index is 0.119. The van der Waals surface area contributed by atoms with Crippen LogP contribution >= 0.6 is 0 Å². The number of urea groups is 1. The Morgan fingerprint density at radius 3 is 2.85 bits per heavy atom. The Balaban J connectivity index is 1.87. The first-order chi connectivity index (χ1) is 9.51. The molecule has 1 fully saturated rings. The first-order valence-corrected chi connectivity index (χ1v) is 6.86. The number of carboxylic acid groups (broad SMARTS) is 1. The number of hydrogen-bond acceptors (Lipinski definition) is 3. The Bertz CT molecular complexity index is 509. The van der Waals surface area contributed by atoms with Crippen LogP contribution in [0.25, 0.3) is 0 Å². The van der Waals surface area contributed by atoms with E-state index < -0.39 is 5.97 Å². The molecule has 20 heavy (non-hydrogen) atoms. The highest BCUT2D eigenvalue weighted by atomic mass is 16.4. The van der Waals surface area contributed by atoms with E-state index in [1.54, 1.807) is 11.8 Å². The summed E-state index contributed by atoms with van der Waals surface area (Å²) in [5, 5.41) is 11.7. The fraction of sp³-hybridized carbons (Fsp3) is 0.571. The van der Waals surface area contributed by atoms with Crippen molar-refractivity contribution in [2.24, 2.45) is 5.92 Å². The number of carboxylic acids is 1. The van der Waals surface area contributed by atoms with Crippen LogP contribution in [0.15, 0.2) is 10.5 Å². The van der Waals surface area contributed by atoms with Gasteiger partial charge in [-0.05, 0) is 25.3 Å². The Kier molecular flexibility index (Phi) is 4.32. The molecule has 110 valence electrons. The van der Waals surface area contributed by atoms with Crippen molar-refractivity contribution < 1.29 is 19.1 Å². The zero-order valence-electron chi connectivity index (χ0n) is 11.8. The van der Waals surface area contributed by atoms with E-state index in [1.165, 1.54) is 6.07 Å². The van der Waals surface area contributed by atoms with Crippen molar-refractivity contribution in [3.8, 4) is 0 Å². The number of rotatable bonds is 4. The second-order valence-corrected chi connectivity index (χ2v) is 5.16. The van der Waals surface area contributed by atoms with Crippen LogP contribution < -0.4 is 5.32 Å². The summed E-state index contributed by atoms with van der Waals surface area (Å²) in [6, 6.07) is 1.34. The van der Waals surface area contributed by atoms with Crippen LogP contribution in [0.4, 0.5) is 4.79 Å². The lowest BCUT2D eigenvalue weighted by atomic mass is 10.1. The van der Waals surface area contributed by atoms with Crippen LogP contribution in [0.3, 0.4) is 0 Å². The molecule has 1 atom stereocenters. The average molecular weight is 280 g/mol. The van der Waals surface area contributed by atoms with Gasteiger partial charge in [-0.1, -0.05) is 13.3 Å². The van der Waals surface area contributed by atoms with Gasteiger partial charge >= 0.3 is 12.0 Å². The van der Waals surface area contributed by atoms with E-state index in [4.69, 9.17) is 9.52 Å². The van der Waals surface area contributed by atoms with Crippen LogP contribution in [0.1, 0.15) is 41.6 Å². The van der Waals surface area contributed by atoms with Gasteiger partial charge in [0.15, 0.2) is 0 Å². The molecule has 0 bridgehead atoms. The SMILES string of the molecule is CCC1CCN(C(=O)NCc2cc(C(=O)O)c(C)o2)C1. The van der Waals surface area contributed by atoms with Crippen molar-refractivity contribution in [1.82, 2.24) is 10.2 Å². The van der Waals surface area contributed by atoms with E-state index in [0.29, 0.717) is 17.4 Å². The molecule has 1 saturated heterocycles. The molecule has 1 unspecified atom stereocenters. The van der Waals surface area contributed by atoms with Crippen LogP contribution in [-0.2, 0) is 6.54 Å². The third-order valence-corrected chi connectivity index (χ3v) is 3.76. The van der Waals surface area contributed by atoms with Crippen molar-refractivity contribution in [2.45, 2.75) is 33.2 Å². The van der Waals surface area contributed by atoms with Gasteiger partial charge in [-0.25, -0.2) is 9.59 Å². The van der Waals surface area contributed by atoms with Crippen molar-refractivity contribution in [3.63, 3.8) is 0 Å². The molecule has 6 nitrogen and oxygen atoms in total. The standard InChI is InChI=1S/C14H20N2O4/c1-3-10-4-5-16(8-10)14(19)15-7-11-6-12(13(17)18)9(2)20-11/h6,10H,3-5,7-8H2,1-2H3,(H,15,19)(H,17,18). The highest BCUT2D eigenvalue weighted by Gasteiger charge is 2.25. The summed E-state index contributed by atoms with van der Waals surface area (Å²) in [7, 11) is 0. The van der Waals surface area contributed by atoms with Crippen molar-refractivity contribution in [1.29, 1.82) is 0 Å². The fourth-order valence-electron chi connectivity index (χ4n) is 2.47. The number of aryl methyl sites for hydroxylation is 1. The number of aromatic carboxylic acids is 1. The van der Waals surface area contributed by atoms with Gasteiger partial charge in [0.1, 0.15) is 17.1 Å². The molecular weight excluding hydrogens is 260 g/mol. The molecule has 2 heterocycles. The maximum Gasteiger partial charge on any atom is 0.339 e. The predicted molar refractivity (Wildman–Crippen MR) is 72.6 cm³/mol. The zero-order valence-corrected chi connectivity index (χ0v) is 11.8. The molecule has 6 heteroatoms. The fourth-order valence-corrected chi connectivity index (χ4v) is 2.47. The van der Waals surface area contributed by atoms with Gasteiger partial charge in [0.2, 0.25) is 0 Å². The zero-order chi connectivity index (χ0) is 14.7. The van der Waals surface area contributed by atoms with Crippen molar-refractivity contribution >= 4 is 12.0 Å². The number of nitrogens with zero attached hydrogens (tertiary/aromatic N) is 1. The summed E-state index contributed by atoms with van der Waals surface area (Å²) in [6.45, 7) is 5.51. The third-order valence-electron chi connectivity index (χ3n) is 3.76. The summed E-state index contributed by atoms with van der Waals surface area (Å²) < 4.78 is 5.32. The number of hydrogen-bond donors (Lipinski definition) is 2. The molecule has 0 saturated carbocycles. The Morgan fingerprint density at radius 2 is 2.30 bits per heavy atom. The smallest absolute Gasteiger partial charge is 0.339 e. The van der Waals surface area contributed by atoms with E-state index in [9.17, 15) is 9.59 Å². The number of furan rings is 1. The molecule has 1 aliphatic rings. The molecule has 1 aromatic heterocycles. The van der Waals surface area contributed by atoms with Gasteiger partial charge in [0.25, 0.3) is 0 Å². The van der Waals surface area contributed by atoms with Gasteiger partial charge in [0, 0.05) is 13.1 Å². The van der Waals surface area contributed by atoms with Crippen molar-refractivity contribution in [2.75, 3.05) is 13.1 Å². The molecule has 2 amide bonds. The van der Waals surface area contributed by atoms with Gasteiger partial charge in [-0.2, -0.15) is 0 Å². The summed E-state index contributed by atoms with van der Waals surface area (Å²) >= 11 is 0. The molecule has 2 N–H and O–H groups in total. The van der Waals surface area contributed by atoms with E-state index in [0.717, 1.165) is 25.9 Å². The van der Waals surface area contributed by atoms with Crippen LogP contribution in [-0.4, -0.2) is 35.1 Å². The first-order valence-electron chi connectivity index (χ1n) is 6.86. The molecule has 1 aromatic rings. The molecule has 0 aliphatic carbocycles. The van der Waals surface area contributed by atoms with Gasteiger partial charge in [-0.3, -0.25) is 0 Å². The summed E-state index contributed by atoms with van der Waals surface area (Å²) in [5.74, 6) is 0.382. The Labute approximate surface area is 117 Å². The van der Waals surface area contributed by atoms with Gasteiger partial charge < -0.3 is 19.7 Å². The summed E-state index contributed by atoms with van der Waals surface area (Å²) in [4.78, 5) is 24.7. The third kappa shape index (κ3) is 3.12. The lowest BCUT2D eigenvalue weighted by molar-refractivity contribution is 0.0695. The molecule has 0 spiro atoms. The Morgan fingerprint density at radius 1 is 1.55 bits per heavy atom. The van der Waals surface area contributed by atoms with Crippen LogP contribution in [0, 0.1) is 12.8 Å². The topological polar surface area (TPSA) is 82.8 Å². The quantitative estimate of drug-likeness (QED) is 0.886. The number of carbonyl (C=O) groups is 2. The lowest BCUT2D eigenvalue weighted by Gasteiger charge is -2.16. The number of carbonyl (C=O) groups excluding carboxylic acids is 1. The first kappa shape index (κ1) is 14.4. The highest BCUT2D eigenvalue weighted by molar-refractivity contribution is 5.88. The summed E-state index contributed by atoms with van der Waals surface area (Å²) in [6.07, 6.45) is 2.13. The molecule has 1 aliphatic heterocycles. The second-order valence-electron chi connectivity index (χ2n) is 5.16. The number of nitrogens with one attached hydrogen (secondary N) is 1. The largest absolute Gasteiger partial charge is 0.478 e. The van der Waals surface area contributed by atoms with Crippen LogP contribution in [0.2, 0.25) is 0 Å². The number of likely N-dealkylation sites (tertiary alicyclic amines) is 1. The monoisotopic (exact) mass is 280 g/mol. The normalized spacial score (nSPS) is 18.3. The second kappa shape index (κ2) is 5.98. The van der Waals surface area contributed by atoms with Crippen molar-refractivity contribution in [3.05, 3.63) is 23.2 Å². The lowest BCUT2D eigenvalue weighted by Crippen LogP contribution is -2.38. The summed E-state index contributed by atoms with van der Waals surface area (Å²) in [5.41, 5.74) is 0.140. The van der Waals surface area contributed by atoms with E-state index in [-0.39, 0.29) is 18.1 Å². The minimum atomic E-state index is -1.02. The van der Waals surface area contributed by atoms with E-state index >= 15 is 0 Å². The van der Waals surface area contributed by atoms with E-state index in [1.807, 2.05) is 0 Å².